The van der Waals surface area contributed by atoms with Gasteiger partial charge in [-0.25, -0.2) is 0 Å². The van der Waals surface area contributed by atoms with Crippen LogP contribution in [0.3, 0.4) is 0 Å². The Bertz CT molecular complexity index is 560. The number of methoxy groups -OCH3 is 1. The van der Waals surface area contributed by atoms with Crippen molar-refractivity contribution in [1.82, 2.24) is 4.98 Å². The molecule has 0 aliphatic heterocycles. The molecule has 0 atom stereocenters. The molecule has 1 aromatic carbocycles. The zero-order chi connectivity index (χ0) is 14.9. The van der Waals surface area contributed by atoms with E-state index in [4.69, 9.17) is 15.2 Å². The molecule has 0 radical (unpaired) electrons. The van der Waals surface area contributed by atoms with E-state index in [0.717, 1.165) is 48.1 Å². The molecule has 1 heterocycles. The van der Waals surface area contributed by atoms with Gasteiger partial charge in [-0.1, -0.05) is 6.07 Å². The first kappa shape index (κ1) is 15.5. The minimum atomic E-state index is 0.654. The number of rotatable bonds is 9. The summed E-state index contributed by atoms with van der Waals surface area (Å²) in [6.07, 6.45) is 5.65. The second kappa shape index (κ2) is 8.44. The lowest BCUT2D eigenvalue weighted by molar-refractivity contribution is 0.0691. The van der Waals surface area contributed by atoms with Crippen LogP contribution in [0, 0.1) is 0 Å². The highest BCUT2D eigenvalue weighted by molar-refractivity contribution is 5.98. The van der Waals surface area contributed by atoms with Crippen molar-refractivity contribution in [3.63, 3.8) is 0 Å². The van der Waals surface area contributed by atoms with Crippen molar-refractivity contribution in [3.05, 3.63) is 30.6 Å². The predicted octanol–water partition coefficient (Wildman–Crippen LogP) is 2.67. The number of nitrogens with two attached hydrogens (primary N) is 1. The lowest BCUT2D eigenvalue weighted by Gasteiger charge is -2.11. The molecule has 5 nitrogen and oxygen atoms in total. The molecule has 3 N–H and O–H groups in total. The number of nitrogen functional groups attached to an aromatic ring is 1. The van der Waals surface area contributed by atoms with Gasteiger partial charge in [0.05, 0.1) is 24.6 Å². The Morgan fingerprint density at radius 1 is 1.14 bits per heavy atom. The van der Waals surface area contributed by atoms with Crippen LogP contribution in [0.1, 0.15) is 12.8 Å². The number of nitrogens with one attached hydrogen (secondary N) is 1. The molecule has 2 rings (SSSR count). The van der Waals surface area contributed by atoms with Crippen LogP contribution in [-0.4, -0.2) is 38.5 Å². The first-order chi connectivity index (χ1) is 10.3. The second-order valence-corrected chi connectivity index (χ2v) is 4.86. The van der Waals surface area contributed by atoms with E-state index in [9.17, 15) is 0 Å². The Balaban J connectivity index is 1.75. The predicted molar refractivity (Wildman–Crippen MR) is 86.6 cm³/mol. The molecule has 0 saturated carbocycles. The quantitative estimate of drug-likeness (QED) is 0.548. The van der Waals surface area contributed by atoms with Gasteiger partial charge in [0.25, 0.3) is 0 Å². The lowest BCUT2D eigenvalue weighted by Crippen LogP contribution is -2.07. The molecular weight excluding hydrogens is 266 g/mol. The van der Waals surface area contributed by atoms with Crippen molar-refractivity contribution >= 4 is 22.1 Å². The zero-order valence-electron chi connectivity index (χ0n) is 12.5. The number of anilines is 2. The number of hydrogen-bond acceptors (Lipinski definition) is 5. The lowest BCUT2D eigenvalue weighted by atomic mass is 10.1. The van der Waals surface area contributed by atoms with Gasteiger partial charge in [0.1, 0.15) is 0 Å². The maximum Gasteiger partial charge on any atom is 0.0700 e. The summed E-state index contributed by atoms with van der Waals surface area (Å²) >= 11 is 0. The van der Waals surface area contributed by atoms with E-state index in [0.29, 0.717) is 13.2 Å². The fourth-order valence-electron chi connectivity index (χ4n) is 2.14. The Morgan fingerprint density at radius 2 is 2.05 bits per heavy atom. The molecule has 0 fully saturated rings. The SMILES string of the molecule is COCCOCCCCNc1ccc2cnccc2c1N. The third-order valence-corrected chi connectivity index (χ3v) is 3.32. The van der Waals surface area contributed by atoms with Crippen LogP contribution in [0.15, 0.2) is 30.6 Å². The second-order valence-electron chi connectivity index (χ2n) is 4.86. The van der Waals surface area contributed by atoms with Crippen LogP contribution < -0.4 is 11.1 Å². The highest BCUT2D eigenvalue weighted by atomic mass is 16.5. The van der Waals surface area contributed by atoms with E-state index < -0.39 is 0 Å². The van der Waals surface area contributed by atoms with E-state index in [2.05, 4.69) is 10.3 Å². The summed E-state index contributed by atoms with van der Waals surface area (Å²) < 4.78 is 10.3. The number of fused-ring (bicyclic) bond motifs is 1. The maximum atomic E-state index is 6.19. The van der Waals surface area contributed by atoms with Crippen molar-refractivity contribution < 1.29 is 9.47 Å². The molecule has 0 aliphatic carbocycles. The maximum absolute atomic E-state index is 6.19. The molecule has 0 amide bonds. The zero-order valence-corrected chi connectivity index (χ0v) is 12.5. The molecule has 0 aliphatic rings. The van der Waals surface area contributed by atoms with Gasteiger partial charge in [0.2, 0.25) is 0 Å². The van der Waals surface area contributed by atoms with Crippen LogP contribution in [0.2, 0.25) is 0 Å². The molecule has 5 heteroatoms. The summed E-state index contributed by atoms with van der Waals surface area (Å²) in [5.41, 5.74) is 7.95. The number of aromatic nitrogens is 1. The molecule has 114 valence electrons. The number of benzene rings is 1. The minimum absolute atomic E-state index is 0.654. The van der Waals surface area contributed by atoms with Gasteiger partial charge in [0, 0.05) is 43.4 Å². The Kier molecular flexibility index (Phi) is 6.24. The molecule has 0 spiro atoms. The molecule has 0 unspecified atom stereocenters. The van der Waals surface area contributed by atoms with E-state index in [1.807, 2.05) is 24.4 Å². The van der Waals surface area contributed by atoms with Gasteiger partial charge in [-0.3, -0.25) is 4.98 Å². The van der Waals surface area contributed by atoms with Gasteiger partial charge in [-0.05, 0) is 25.0 Å². The number of hydrogen-bond donors (Lipinski definition) is 2. The van der Waals surface area contributed by atoms with Crippen LogP contribution in [-0.2, 0) is 9.47 Å². The summed E-state index contributed by atoms with van der Waals surface area (Å²) in [7, 11) is 1.68. The topological polar surface area (TPSA) is 69.4 Å². The van der Waals surface area contributed by atoms with Crippen LogP contribution in [0.25, 0.3) is 10.8 Å². The van der Waals surface area contributed by atoms with E-state index >= 15 is 0 Å². The van der Waals surface area contributed by atoms with Crippen molar-refractivity contribution in [1.29, 1.82) is 0 Å². The highest BCUT2D eigenvalue weighted by Gasteiger charge is 2.03. The summed E-state index contributed by atoms with van der Waals surface area (Å²) in [6, 6.07) is 5.99. The van der Waals surface area contributed by atoms with Crippen molar-refractivity contribution in [2.45, 2.75) is 12.8 Å². The fourth-order valence-corrected chi connectivity index (χ4v) is 2.14. The van der Waals surface area contributed by atoms with Gasteiger partial charge in [-0.2, -0.15) is 0 Å². The minimum Gasteiger partial charge on any atom is -0.397 e. The van der Waals surface area contributed by atoms with Crippen molar-refractivity contribution in [2.24, 2.45) is 0 Å². The summed E-state index contributed by atoms with van der Waals surface area (Å²) in [5.74, 6) is 0. The average Bonchev–Trinajstić information content (AvgIpc) is 2.52. The molecule has 0 bridgehead atoms. The van der Waals surface area contributed by atoms with E-state index in [1.54, 1.807) is 13.3 Å². The molecule has 1 aromatic heterocycles. The van der Waals surface area contributed by atoms with Crippen LogP contribution >= 0.6 is 0 Å². The van der Waals surface area contributed by atoms with Crippen molar-refractivity contribution in [2.75, 3.05) is 44.5 Å². The number of unbranched alkanes of at least 4 members (excludes halogenated alkanes) is 1. The molecular formula is C16H23N3O2. The Morgan fingerprint density at radius 3 is 2.90 bits per heavy atom. The van der Waals surface area contributed by atoms with Gasteiger partial charge >= 0.3 is 0 Å². The monoisotopic (exact) mass is 289 g/mol. The van der Waals surface area contributed by atoms with Gasteiger partial charge in [0.15, 0.2) is 0 Å². The first-order valence-electron chi connectivity index (χ1n) is 7.25. The fraction of sp³-hybridized carbons (Fsp3) is 0.438. The average molecular weight is 289 g/mol. The van der Waals surface area contributed by atoms with Crippen molar-refractivity contribution in [3.8, 4) is 0 Å². The summed E-state index contributed by atoms with van der Waals surface area (Å²) in [4.78, 5) is 4.10. The largest absolute Gasteiger partial charge is 0.397 e. The summed E-state index contributed by atoms with van der Waals surface area (Å²) in [5, 5.41) is 5.48. The van der Waals surface area contributed by atoms with Crippen LogP contribution in [0.4, 0.5) is 11.4 Å². The molecule has 0 saturated heterocycles. The normalized spacial score (nSPS) is 10.9. The number of pyridine rings is 1. The Hall–Kier alpha value is -1.85. The smallest absolute Gasteiger partial charge is 0.0700 e. The Labute approximate surface area is 125 Å². The standard InChI is InChI=1S/C16H23N3O2/c1-20-10-11-21-9-3-2-7-19-15-5-4-13-12-18-8-6-14(13)16(15)17/h4-6,8,12,19H,2-3,7,9-11,17H2,1H3. The highest BCUT2D eigenvalue weighted by Crippen LogP contribution is 2.27. The summed E-state index contributed by atoms with van der Waals surface area (Å²) in [6.45, 7) is 2.97. The number of ether oxygens (including phenoxy) is 2. The molecule has 21 heavy (non-hydrogen) atoms. The van der Waals surface area contributed by atoms with E-state index in [1.165, 1.54) is 0 Å². The number of nitrogens with zero attached hydrogens (tertiary/aromatic N) is 1. The van der Waals surface area contributed by atoms with Gasteiger partial charge < -0.3 is 20.5 Å². The first-order valence-corrected chi connectivity index (χ1v) is 7.25. The third kappa shape index (κ3) is 4.58. The van der Waals surface area contributed by atoms with Gasteiger partial charge in [-0.15, -0.1) is 0 Å². The van der Waals surface area contributed by atoms with Crippen LogP contribution in [0.5, 0.6) is 0 Å². The van der Waals surface area contributed by atoms with E-state index in [-0.39, 0.29) is 0 Å². The molecule has 2 aromatic rings. The third-order valence-electron chi connectivity index (χ3n) is 3.32.